The van der Waals surface area contributed by atoms with Crippen LogP contribution in [0.25, 0.3) is 11.1 Å². The zero-order valence-corrected chi connectivity index (χ0v) is 15.5. The van der Waals surface area contributed by atoms with E-state index in [1.807, 2.05) is 0 Å². The van der Waals surface area contributed by atoms with Crippen LogP contribution in [-0.4, -0.2) is 20.2 Å². The molecule has 0 spiro atoms. The Hall–Kier alpha value is -2.03. The first-order valence-electron chi connectivity index (χ1n) is 9.30. The molecule has 134 valence electrons. The largest absolute Gasteiger partial charge is 0.497 e. The van der Waals surface area contributed by atoms with E-state index in [0.717, 1.165) is 30.8 Å². The Kier molecular flexibility index (Phi) is 5.62. The highest BCUT2D eigenvalue weighted by Gasteiger charge is 2.18. The maximum atomic E-state index is 14.6. The molecule has 1 heterocycles. The smallest absolute Gasteiger partial charge is 0.131 e. The number of ether oxygens (including phenoxy) is 1. The van der Waals surface area contributed by atoms with E-state index in [-0.39, 0.29) is 5.82 Å². The lowest BCUT2D eigenvalue weighted by Gasteiger charge is -2.31. The molecule has 2 aromatic carbocycles. The molecule has 1 saturated heterocycles. The van der Waals surface area contributed by atoms with Crippen LogP contribution < -0.4 is 9.64 Å². The van der Waals surface area contributed by atoms with Crippen molar-refractivity contribution in [2.45, 2.75) is 39.5 Å². The molecule has 0 aliphatic carbocycles. The second kappa shape index (κ2) is 7.90. The van der Waals surface area contributed by atoms with E-state index in [0.29, 0.717) is 17.2 Å². The van der Waals surface area contributed by atoms with Gasteiger partial charge in [-0.05, 0) is 61.4 Å². The maximum absolute atomic E-state index is 14.6. The quantitative estimate of drug-likeness (QED) is 0.692. The summed E-state index contributed by atoms with van der Waals surface area (Å²) in [5, 5.41) is 0. The molecule has 3 rings (SSSR count). The molecule has 0 atom stereocenters. The van der Waals surface area contributed by atoms with Gasteiger partial charge in [0.15, 0.2) is 0 Å². The fourth-order valence-corrected chi connectivity index (χ4v) is 3.64. The fourth-order valence-electron chi connectivity index (χ4n) is 3.64. The molecule has 0 bridgehead atoms. The summed E-state index contributed by atoms with van der Waals surface area (Å²) in [6.07, 6.45) is 4.73. The minimum absolute atomic E-state index is 0.198. The van der Waals surface area contributed by atoms with Gasteiger partial charge in [0, 0.05) is 29.9 Å². The number of nitrogens with zero attached hydrogens (tertiary/aromatic N) is 1. The Balaban J connectivity index is 2.08. The number of hydrogen-bond donors (Lipinski definition) is 0. The average molecular weight is 341 g/mol. The Bertz CT molecular complexity index is 720. The van der Waals surface area contributed by atoms with E-state index in [2.05, 4.69) is 36.9 Å². The van der Waals surface area contributed by atoms with Crippen molar-refractivity contribution in [3.8, 4) is 16.9 Å². The molecule has 3 heteroatoms. The third kappa shape index (κ3) is 4.15. The van der Waals surface area contributed by atoms with Gasteiger partial charge in [-0.3, -0.25) is 0 Å². The third-order valence-corrected chi connectivity index (χ3v) is 4.87. The summed E-state index contributed by atoms with van der Waals surface area (Å²) in [5.74, 6) is 1.09. The third-order valence-electron chi connectivity index (χ3n) is 4.87. The number of rotatable bonds is 5. The van der Waals surface area contributed by atoms with Crippen molar-refractivity contribution in [3.63, 3.8) is 0 Å². The maximum Gasteiger partial charge on any atom is 0.131 e. The molecule has 1 aliphatic rings. The fraction of sp³-hybridized carbons (Fsp3) is 0.455. The van der Waals surface area contributed by atoms with Gasteiger partial charge in [0.1, 0.15) is 11.6 Å². The van der Waals surface area contributed by atoms with Crippen LogP contribution in [0.4, 0.5) is 10.1 Å². The normalized spacial score (nSPS) is 14.8. The lowest BCUT2D eigenvalue weighted by molar-refractivity contribution is 0.414. The monoisotopic (exact) mass is 341 g/mol. The predicted octanol–water partition coefficient (Wildman–Crippen LogP) is 5.69. The highest BCUT2D eigenvalue weighted by atomic mass is 19.1. The van der Waals surface area contributed by atoms with Crippen molar-refractivity contribution in [2.75, 3.05) is 25.1 Å². The summed E-state index contributed by atoms with van der Waals surface area (Å²) in [4.78, 5) is 2.42. The summed E-state index contributed by atoms with van der Waals surface area (Å²) < 4.78 is 19.9. The molecule has 1 fully saturated rings. The van der Waals surface area contributed by atoms with E-state index in [4.69, 9.17) is 4.74 Å². The van der Waals surface area contributed by atoms with Crippen molar-refractivity contribution in [2.24, 2.45) is 5.92 Å². The number of anilines is 1. The van der Waals surface area contributed by atoms with E-state index < -0.39 is 0 Å². The van der Waals surface area contributed by atoms with E-state index in [9.17, 15) is 4.39 Å². The SMILES string of the molecule is COc1ccc(F)c(-c2ccc(CC(C)C)cc2N2CCCCC2)c1. The zero-order valence-electron chi connectivity index (χ0n) is 15.5. The summed E-state index contributed by atoms with van der Waals surface area (Å²) in [6.45, 7) is 6.56. The van der Waals surface area contributed by atoms with Gasteiger partial charge in [-0.25, -0.2) is 4.39 Å². The molecule has 0 radical (unpaired) electrons. The summed E-state index contributed by atoms with van der Waals surface area (Å²) in [6, 6.07) is 11.5. The van der Waals surface area contributed by atoms with Crippen LogP contribution in [0.1, 0.15) is 38.7 Å². The van der Waals surface area contributed by atoms with Crippen LogP contribution in [0.15, 0.2) is 36.4 Å². The Morgan fingerprint density at radius 2 is 1.76 bits per heavy atom. The van der Waals surface area contributed by atoms with Crippen LogP contribution in [-0.2, 0) is 6.42 Å². The highest BCUT2D eigenvalue weighted by Crippen LogP contribution is 2.37. The van der Waals surface area contributed by atoms with Gasteiger partial charge < -0.3 is 9.64 Å². The first-order chi connectivity index (χ1) is 12.1. The lowest BCUT2D eigenvalue weighted by atomic mass is 9.95. The second-order valence-electron chi connectivity index (χ2n) is 7.34. The van der Waals surface area contributed by atoms with Crippen molar-refractivity contribution in [1.82, 2.24) is 0 Å². The van der Waals surface area contributed by atoms with Crippen LogP contribution in [0.5, 0.6) is 5.75 Å². The van der Waals surface area contributed by atoms with E-state index >= 15 is 0 Å². The summed E-state index contributed by atoms with van der Waals surface area (Å²) in [5.41, 5.74) is 4.06. The van der Waals surface area contributed by atoms with E-state index in [1.165, 1.54) is 30.9 Å². The molecular weight excluding hydrogens is 313 g/mol. The van der Waals surface area contributed by atoms with Crippen LogP contribution in [0.2, 0.25) is 0 Å². The minimum atomic E-state index is -0.198. The average Bonchev–Trinajstić information content (AvgIpc) is 2.62. The van der Waals surface area contributed by atoms with Gasteiger partial charge >= 0.3 is 0 Å². The van der Waals surface area contributed by atoms with Crippen molar-refractivity contribution >= 4 is 5.69 Å². The van der Waals surface area contributed by atoms with Crippen molar-refractivity contribution in [1.29, 1.82) is 0 Å². The molecule has 2 aromatic rings. The van der Waals surface area contributed by atoms with Gasteiger partial charge in [0.2, 0.25) is 0 Å². The van der Waals surface area contributed by atoms with Gasteiger partial charge in [0.25, 0.3) is 0 Å². The van der Waals surface area contributed by atoms with Gasteiger partial charge in [-0.1, -0.05) is 26.0 Å². The number of halogens is 1. The zero-order chi connectivity index (χ0) is 17.8. The first-order valence-corrected chi connectivity index (χ1v) is 9.30. The molecule has 2 nitrogen and oxygen atoms in total. The van der Waals surface area contributed by atoms with E-state index in [1.54, 1.807) is 19.2 Å². The lowest BCUT2D eigenvalue weighted by Crippen LogP contribution is -2.30. The van der Waals surface area contributed by atoms with Crippen LogP contribution >= 0.6 is 0 Å². The van der Waals surface area contributed by atoms with Gasteiger partial charge in [0.05, 0.1) is 7.11 Å². The van der Waals surface area contributed by atoms with Crippen LogP contribution in [0.3, 0.4) is 0 Å². The second-order valence-corrected chi connectivity index (χ2v) is 7.34. The van der Waals surface area contributed by atoms with Gasteiger partial charge in [-0.15, -0.1) is 0 Å². The summed E-state index contributed by atoms with van der Waals surface area (Å²) in [7, 11) is 1.62. The van der Waals surface area contributed by atoms with Crippen molar-refractivity contribution < 1.29 is 9.13 Å². The minimum Gasteiger partial charge on any atom is -0.497 e. The first kappa shape index (κ1) is 17.8. The Labute approximate surface area is 150 Å². The van der Waals surface area contributed by atoms with Crippen molar-refractivity contribution in [3.05, 3.63) is 47.8 Å². The molecule has 0 N–H and O–H groups in total. The molecule has 0 saturated carbocycles. The molecule has 0 aromatic heterocycles. The molecule has 0 amide bonds. The summed E-state index contributed by atoms with van der Waals surface area (Å²) >= 11 is 0. The number of benzene rings is 2. The molecule has 1 aliphatic heterocycles. The molecule has 25 heavy (non-hydrogen) atoms. The predicted molar refractivity (Wildman–Crippen MR) is 103 cm³/mol. The van der Waals surface area contributed by atoms with Gasteiger partial charge in [-0.2, -0.15) is 0 Å². The topological polar surface area (TPSA) is 12.5 Å². The molecular formula is C22H28FNO. The Morgan fingerprint density at radius 3 is 2.44 bits per heavy atom. The Morgan fingerprint density at radius 1 is 1.00 bits per heavy atom. The standard InChI is InChI=1S/C22H28FNO/c1-16(2)13-17-7-9-19(20-15-18(25-3)8-10-21(20)23)22(14-17)24-11-5-4-6-12-24/h7-10,14-16H,4-6,11-13H2,1-3H3. The molecule has 0 unspecified atom stereocenters. The number of piperidine rings is 1. The number of methoxy groups -OCH3 is 1. The van der Waals surface area contributed by atoms with Crippen LogP contribution in [0, 0.1) is 11.7 Å². The highest BCUT2D eigenvalue weighted by molar-refractivity contribution is 5.80. The number of hydrogen-bond acceptors (Lipinski definition) is 2.